The second-order valence-electron chi connectivity index (χ2n) is 9.53. The van der Waals surface area contributed by atoms with Crippen LogP contribution in [0.1, 0.15) is 24.6 Å². The van der Waals surface area contributed by atoms with Crippen molar-refractivity contribution in [3.63, 3.8) is 0 Å². The molecule has 0 saturated carbocycles. The van der Waals surface area contributed by atoms with Crippen LogP contribution in [0.15, 0.2) is 86.4 Å². The SMILES string of the molecule is C=C(C)c1cn(CC(=O)N2C[C@H](F)C[C@H]2C(=C)NCc2ccccn2)c2ccc(Nc3cncnc3)cc12. The van der Waals surface area contributed by atoms with Crippen molar-refractivity contribution in [3.05, 3.63) is 97.6 Å². The minimum Gasteiger partial charge on any atom is -0.381 e. The third-order valence-electron chi connectivity index (χ3n) is 6.69. The van der Waals surface area contributed by atoms with Crippen molar-refractivity contribution in [2.75, 3.05) is 11.9 Å². The van der Waals surface area contributed by atoms with Gasteiger partial charge in [0.15, 0.2) is 0 Å². The van der Waals surface area contributed by atoms with Crippen LogP contribution < -0.4 is 10.6 Å². The highest BCUT2D eigenvalue weighted by Crippen LogP contribution is 2.31. The van der Waals surface area contributed by atoms with Gasteiger partial charge >= 0.3 is 0 Å². The van der Waals surface area contributed by atoms with Gasteiger partial charge in [0, 0.05) is 46.7 Å². The Morgan fingerprint density at radius 1 is 1.16 bits per heavy atom. The number of carbonyl (C=O) groups excluding carboxylic acids is 1. The first-order valence-electron chi connectivity index (χ1n) is 12.5. The molecule has 2 atom stereocenters. The summed E-state index contributed by atoms with van der Waals surface area (Å²) < 4.78 is 16.4. The molecule has 1 fully saturated rings. The Bertz CT molecular complexity index is 1470. The Hall–Kier alpha value is -4.53. The van der Waals surface area contributed by atoms with E-state index in [9.17, 15) is 9.18 Å². The van der Waals surface area contributed by atoms with Crippen molar-refractivity contribution < 1.29 is 9.18 Å². The number of nitrogens with one attached hydrogen (secondary N) is 2. The van der Waals surface area contributed by atoms with Crippen LogP contribution >= 0.6 is 0 Å². The number of carbonyl (C=O) groups is 1. The molecular formula is C29H30FN7O. The summed E-state index contributed by atoms with van der Waals surface area (Å²) in [6.07, 6.45) is 7.66. The molecule has 0 unspecified atom stereocenters. The molecule has 3 aromatic heterocycles. The monoisotopic (exact) mass is 511 g/mol. The Labute approximate surface area is 220 Å². The zero-order chi connectivity index (χ0) is 26.6. The molecule has 8 nitrogen and oxygen atoms in total. The Morgan fingerprint density at radius 2 is 1.97 bits per heavy atom. The van der Waals surface area contributed by atoms with Gasteiger partial charge in [0.25, 0.3) is 0 Å². The second-order valence-corrected chi connectivity index (χ2v) is 9.53. The fourth-order valence-electron chi connectivity index (χ4n) is 4.83. The van der Waals surface area contributed by atoms with Gasteiger partial charge < -0.3 is 20.1 Å². The van der Waals surface area contributed by atoms with Gasteiger partial charge in [-0.1, -0.05) is 19.2 Å². The molecule has 4 aromatic rings. The van der Waals surface area contributed by atoms with Gasteiger partial charge in [0.1, 0.15) is 19.0 Å². The second kappa shape index (κ2) is 10.8. The fraction of sp³-hybridized carbons (Fsp3) is 0.241. The quantitative estimate of drug-likeness (QED) is 0.334. The van der Waals surface area contributed by atoms with Gasteiger partial charge in [-0.2, -0.15) is 0 Å². The van der Waals surface area contributed by atoms with Gasteiger partial charge in [0.2, 0.25) is 5.91 Å². The van der Waals surface area contributed by atoms with Crippen LogP contribution in [0.2, 0.25) is 0 Å². The van der Waals surface area contributed by atoms with E-state index in [1.165, 1.54) is 6.33 Å². The number of rotatable bonds is 9. The smallest absolute Gasteiger partial charge is 0.243 e. The van der Waals surface area contributed by atoms with Crippen LogP contribution in [0.25, 0.3) is 16.5 Å². The molecule has 5 rings (SSSR count). The highest BCUT2D eigenvalue weighted by Gasteiger charge is 2.37. The first-order chi connectivity index (χ1) is 18.4. The van der Waals surface area contributed by atoms with Crippen molar-refractivity contribution in [2.24, 2.45) is 0 Å². The van der Waals surface area contributed by atoms with Crippen LogP contribution in [0.5, 0.6) is 0 Å². The number of benzene rings is 1. The van der Waals surface area contributed by atoms with Crippen LogP contribution in [0.4, 0.5) is 15.8 Å². The standard InChI is InChI=1S/C29H30FN7O/c1-19(2)26-16-36(27-8-7-22(11-25(26)27)35-24-12-31-18-32-13-24)17-29(38)37-15-21(30)10-28(37)20(3)34-14-23-6-4-5-9-33-23/h4-9,11-13,16,18,21,28,34-35H,1,3,10,14-15,17H2,2H3/t21-,28+/m1/s1. The topological polar surface area (TPSA) is 88.0 Å². The number of halogens is 1. The number of anilines is 2. The number of nitrogens with zero attached hydrogens (tertiary/aromatic N) is 5. The summed E-state index contributed by atoms with van der Waals surface area (Å²) in [6, 6.07) is 11.2. The molecule has 194 valence electrons. The van der Waals surface area contributed by atoms with Crippen molar-refractivity contribution >= 4 is 33.8 Å². The molecule has 0 aliphatic carbocycles. The maximum absolute atomic E-state index is 14.5. The molecule has 1 aliphatic heterocycles. The number of hydrogen-bond acceptors (Lipinski definition) is 6. The molecule has 1 saturated heterocycles. The van der Waals surface area contributed by atoms with Crippen molar-refractivity contribution in [2.45, 2.75) is 38.6 Å². The largest absolute Gasteiger partial charge is 0.381 e. The van der Waals surface area contributed by atoms with E-state index in [1.807, 2.05) is 54.1 Å². The minimum absolute atomic E-state index is 0.0492. The van der Waals surface area contributed by atoms with Gasteiger partial charge in [-0.15, -0.1) is 0 Å². The van der Waals surface area contributed by atoms with Gasteiger partial charge in [-0.3, -0.25) is 9.78 Å². The summed E-state index contributed by atoms with van der Waals surface area (Å²) in [6.45, 7) is 10.8. The lowest BCUT2D eigenvalue weighted by molar-refractivity contribution is -0.132. The maximum atomic E-state index is 14.5. The Balaban J connectivity index is 1.34. The molecule has 2 N–H and O–H groups in total. The average molecular weight is 512 g/mol. The van der Waals surface area contributed by atoms with E-state index in [1.54, 1.807) is 23.5 Å². The lowest BCUT2D eigenvalue weighted by Gasteiger charge is -2.27. The predicted octanol–water partition coefficient (Wildman–Crippen LogP) is 4.85. The minimum atomic E-state index is -1.10. The molecule has 1 amide bonds. The summed E-state index contributed by atoms with van der Waals surface area (Å²) in [5.41, 5.74) is 5.83. The lowest BCUT2D eigenvalue weighted by atomic mass is 10.1. The number of amides is 1. The Morgan fingerprint density at radius 3 is 2.71 bits per heavy atom. The highest BCUT2D eigenvalue weighted by atomic mass is 19.1. The van der Waals surface area contributed by atoms with Crippen LogP contribution in [0.3, 0.4) is 0 Å². The maximum Gasteiger partial charge on any atom is 0.243 e. The fourth-order valence-corrected chi connectivity index (χ4v) is 4.83. The van der Waals surface area contributed by atoms with Gasteiger partial charge in [-0.05, 0) is 42.8 Å². The molecule has 0 bridgehead atoms. The first kappa shape index (κ1) is 25.1. The molecular weight excluding hydrogens is 481 g/mol. The molecule has 9 heteroatoms. The lowest BCUT2D eigenvalue weighted by Crippen LogP contribution is -2.41. The van der Waals surface area contributed by atoms with E-state index in [2.05, 4.69) is 38.7 Å². The van der Waals surface area contributed by atoms with Crippen molar-refractivity contribution in [1.29, 1.82) is 0 Å². The molecule has 1 aromatic carbocycles. The summed E-state index contributed by atoms with van der Waals surface area (Å²) >= 11 is 0. The third kappa shape index (κ3) is 5.41. The zero-order valence-corrected chi connectivity index (χ0v) is 21.3. The summed E-state index contributed by atoms with van der Waals surface area (Å²) in [4.78, 5) is 27.5. The number of fused-ring (bicyclic) bond motifs is 1. The van der Waals surface area contributed by atoms with Crippen LogP contribution in [0, 0.1) is 0 Å². The average Bonchev–Trinajstić information content (AvgIpc) is 3.49. The van der Waals surface area contributed by atoms with E-state index in [-0.39, 0.29) is 25.4 Å². The van der Waals surface area contributed by atoms with Gasteiger partial charge in [-0.25, -0.2) is 14.4 Å². The predicted molar refractivity (Wildman–Crippen MR) is 147 cm³/mol. The number of pyridine rings is 1. The zero-order valence-electron chi connectivity index (χ0n) is 21.3. The molecule has 0 radical (unpaired) electrons. The number of aromatic nitrogens is 4. The van der Waals surface area contributed by atoms with E-state index >= 15 is 0 Å². The van der Waals surface area contributed by atoms with E-state index in [0.29, 0.717) is 12.2 Å². The summed E-state index contributed by atoms with van der Waals surface area (Å²) in [7, 11) is 0. The molecule has 0 spiro atoms. The molecule has 1 aliphatic rings. The van der Waals surface area contributed by atoms with E-state index < -0.39 is 12.2 Å². The first-order valence-corrected chi connectivity index (χ1v) is 12.5. The van der Waals surface area contributed by atoms with Crippen molar-refractivity contribution in [1.82, 2.24) is 29.7 Å². The number of alkyl halides is 1. The number of hydrogen-bond donors (Lipinski definition) is 2. The van der Waals surface area contributed by atoms with E-state index in [4.69, 9.17) is 0 Å². The Kier molecular flexibility index (Phi) is 7.17. The van der Waals surface area contributed by atoms with E-state index in [0.717, 1.165) is 39.1 Å². The highest BCUT2D eigenvalue weighted by molar-refractivity contribution is 5.95. The molecule has 38 heavy (non-hydrogen) atoms. The normalized spacial score (nSPS) is 16.9. The van der Waals surface area contributed by atoms with Crippen molar-refractivity contribution in [3.8, 4) is 0 Å². The summed E-state index contributed by atoms with van der Waals surface area (Å²) in [5, 5.41) is 7.50. The van der Waals surface area contributed by atoms with Crippen LogP contribution in [-0.2, 0) is 17.9 Å². The third-order valence-corrected chi connectivity index (χ3v) is 6.69. The number of likely N-dealkylation sites (tertiary alicyclic amines) is 1. The molecule has 4 heterocycles. The van der Waals surface area contributed by atoms with Gasteiger partial charge in [0.05, 0.1) is 42.9 Å². The number of allylic oxidation sites excluding steroid dienone is 1. The van der Waals surface area contributed by atoms with Crippen LogP contribution in [-0.4, -0.2) is 49.1 Å². The summed E-state index contributed by atoms with van der Waals surface area (Å²) in [5.74, 6) is -0.162.